The standard InChI is InChI=1S/C32H30F2N2O7/c1-20-2-12-26(13-3-20)36-30(39)41-27(32(36)42-28(37)29(38)43-32)16-19-35-17-14-23(15-18-35)31(40,21-4-8-24(33)9-5-21)22-6-10-25(34)11-7-22/h2-13,23,27,40H,14-19H2,1H3. The Morgan fingerprint density at radius 2 is 1.35 bits per heavy atom. The summed E-state index contributed by atoms with van der Waals surface area (Å²) in [6.07, 6.45) is -0.580. The van der Waals surface area contributed by atoms with E-state index in [1.54, 1.807) is 48.5 Å². The molecule has 3 aliphatic heterocycles. The number of anilines is 1. The second-order valence-electron chi connectivity index (χ2n) is 11.1. The normalized spacial score (nSPS) is 20.8. The first-order chi connectivity index (χ1) is 20.6. The Hall–Kier alpha value is -4.35. The number of hydrogen-bond donors (Lipinski definition) is 1. The van der Waals surface area contributed by atoms with E-state index in [2.05, 4.69) is 4.90 Å². The number of hydrogen-bond acceptors (Lipinski definition) is 8. The molecule has 0 radical (unpaired) electrons. The molecule has 0 aliphatic carbocycles. The van der Waals surface area contributed by atoms with E-state index in [0.717, 1.165) is 10.5 Å². The van der Waals surface area contributed by atoms with E-state index in [-0.39, 0.29) is 12.3 Å². The number of piperidine rings is 1. The number of cyclic esters (lactones) is 1. The lowest BCUT2D eigenvalue weighted by Crippen LogP contribution is -2.54. The summed E-state index contributed by atoms with van der Waals surface area (Å²) in [7, 11) is 0. The summed E-state index contributed by atoms with van der Waals surface area (Å²) in [6.45, 7) is 3.41. The molecule has 1 amide bonds. The number of likely N-dealkylation sites (tertiary alicyclic amines) is 1. The molecule has 1 N–H and O–H groups in total. The molecule has 224 valence electrons. The lowest BCUT2D eigenvalue weighted by Gasteiger charge is -2.42. The Kier molecular flexibility index (Phi) is 7.39. The predicted octanol–water partition coefficient (Wildman–Crippen LogP) is 4.39. The maximum absolute atomic E-state index is 13.7. The second-order valence-corrected chi connectivity index (χ2v) is 11.1. The quantitative estimate of drug-likeness (QED) is 0.318. The Morgan fingerprint density at radius 3 is 1.86 bits per heavy atom. The van der Waals surface area contributed by atoms with Gasteiger partial charge < -0.3 is 24.2 Å². The van der Waals surface area contributed by atoms with Gasteiger partial charge in [-0.2, -0.15) is 4.90 Å². The van der Waals surface area contributed by atoms with Crippen LogP contribution in [0.5, 0.6) is 0 Å². The molecule has 1 unspecified atom stereocenters. The third-order valence-corrected chi connectivity index (χ3v) is 8.54. The average molecular weight is 593 g/mol. The van der Waals surface area contributed by atoms with Crippen LogP contribution in [-0.2, 0) is 29.4 Å². The number of halogens is 2. The van der Waals surface area contributed by atoms with Crippen LogP contribution in [0, 0.1) is 24.5 Å². The van der Waals surface area contributed by atoms with Gasteiger partial charge in [0.25, 0.3) is 0 Å². The number of ether oxygens (including phenoxy) is 3. The molecule has 0 saturated carbocycles. The summed E-state index contributed by atoms with van der Waals surface area (Å²) in [4.78, 5) is 40.5. The fourth-order valence-corrected chi connectivity index (χ4v) is 6.25. The van der Waals surface area contributed by atoms with Crippen molar-refractivity contribution in [2.45, 2.75) is 43.8 Å². The molecule has 3 aromatic carbocycles. The van der Waals surface area contributed by atoms with Crippen LogP contribution in [0.1, 0.15) is 36.0 Å². The molecule has 0 bridgehead atoms. The predicted molar refractivity (Wildman–Crippen MR) is 148 cm³/mol. The third kappa shape index (κ3) is 5.12. The molecule has 11 heteroatoms. The van der Waals surface area contributed by atoms with Gasteiger partial charge in [0.1, 0.15) is 17.2 Å². The number of nitrogens with zero attached hydrogens (tertiary/aromatic N) is 2. The Bertz CT molecular complexity index is 1460. The van der Waals surface area contributed by atoms with Crippen LogP contribution < -0.4 is 4.90 Å². The van der Waals surface area contributed by atoms with Gasteiger partial charge in [-0.1, -0.05) is 42.0 Å². The van der Waals surface area contributed by atoms with Gasteiger partial charge >= 0.3 is 23.9 Å². The summed E-state index contributed by atoms with van der Waals surface area (Å²) >= 11 is 0. The van der Waals surface area contributed by atoms with Crippen molar-refractivity contribution < 1.29 is 42.5 Å². The van der Waals surface area contributed by atoms with Crippen LogP contribution in [0.2, 0.25) is 0 Å². The van der Waals surface area contributed by atoms with E-state index in [1.165, 1.54) is 24.3 Å². The number of aliphatic hydroxyl groups is 1. The van der Waals surface area contributed by atoms with Crippen molar-refractivity contribution in [3.8, 4) is 0 Å². The molecule has 9 nitrogen and oxygen atoms in total. The van der Waals surface area contributed by atoms with E-state index in [0.29, 0.717) is 49.3 Å². The monoisotopic (exact) mass is 592 g/mol. The molecule has 3 aliphatic rings. The van der Waals surface area contributed by atoms with Crippen LogP contribution in [-0.4, -0.2) is 59.7 Å². The molecule has 43 heavy (non-hydrogen) atoms. The molecule has 1 spiro atoms. The van der Waals surface area contributed by atoms with E-state index >= 15 is 0 Å². The van der Waals surface area contributed by atoms with E-state index in [1.807, 2.05) is 6.92 Å². The van der Waals surface area contributed by atoms with Gasteiger partial charge in [-0.3, -0.25) is 0 Å². The largest absolute Gasteiger partial charge is 0.435 e. The van der Waals surface area contributed by atoms with Crippen molar-refractivity contribution in [2.24, 2.45) is 5.92 Å². The summed E-state index contributed by atoms with van der Waals surface area (Å²) in [5.41, 5.74) is 0.845. The molecule has 6 rings (SSSR count). The van der Waals surface area contributed by atoms with Gasteiger partial charge in [0, 0.05) is 13.0 Å². The molecule has 3 heterocycles. The van der Waals surface area contributed by atoms with Gasteiger partial charge in [0.05, 0.1) is 5.69 Å². The van der Waals surface area contributed by atoms with Crippen molar-refractivity contribution >= 4 is 23.7 Å². The second kappa shape index (κ2) is 11.1. The molecule has 3 saturated heterocycles. The first kappa shape index (κ1) is 28.8. The van der Waals surface area contributed by atoms with E-state index in [9.17, 15) is 28.3 Å². The fraction of sp³-hybridized carbons (Fsp3) is 0.344. The number of carbonyl (C=O) groups is 3. The van der Waals surface area contributed by atoms with E-state index in [4.69, 9.17) is 14.2 Å². The highest BCUT2D eigenvalue weighted by Crippen LogP contribution is 2.44. The van der Waals surface area contributed by atoms with E-state index < -0.39 is 47.3 Å². The highest BCUT2D eigenvalue weighted by molar-refractivity contribution is 6.31. The maximum atomic E-state index is 13.7. The highest BCUT2D eigenvalue weighted by Gasteiger charge is 2.67. The van der Waals surface area contributed by atoms with Gasteiger partial charge in [0.2, 0.25) is 6.10 Å². The number of carbonyl (C=O) groups excluding carboxylic acids is 3. The summed E-state index contributed by atoms with van der Waals surface area (Å²) in [5, 5.41) is 12.1. The van der Waals surface area contributed by atoms with Crippen LogP contribution in [0.4, 0.5) is 19.3 Å². The Balaban J connectivity index is 1.17. The zero-order valence-corrected chi connectivity index (χ0v) is 23.4. The maximum Gasteiger partial charge on any atom is 0.422 e. The zero-order chi connectivity index (χ0) is 30.4. The first-order valence-corrected chi connectivity index (χ1v) is 14.1. The number of aryl methyl sites for hydroxylation is 1. The molecular formula is C32H30F2N2O7. The highest BCUT2D eigenvalue weighted by atomic mass is 19.1. The van der Waals surface area contributed by atoms with Crippen LogP contribution >= 0.6 is 0 Å². The van der Waals surface area contributed by atoms with Crippen molar-refractivity contribution in [3.05, 3.63) is 101 Å². The number of amides is 1. The van der Waals surface area contributed by atoms with Gasteiger partial charge in [-0.25, -0.2) is 23.2 Å². The minimum Gasteiger partial charge on any atom is -0.435 e. The molecule has 3 aromatic rings. The minimum atomic E-state index is -2.05. The molecule has 0 aromatic heterocycles. The number of esters is 2. The molecule has 1 atom stereocenters. The fourth-order valence-electron chi connectivity index (χ4n) is 6.25. The lowest BCUT2D eigenvalue weighted by atomic mass is 9.72. The smallest absolute Gasteiger partial charge is 0.422 e. The van der Waals surface area contributed by atoms with Crippen LogP contribution in [0.3, 0.4) is 0 Å². The van der Waals surface area contributed by atoms with Gasteiger partial charge in [-0.05, 0) is 86.3 Å². The van der Waals surface area contributed by atoms with Crippen molar-refractivity contribution in [1.29, 1.82) is 0 Å². The van der Waals surface area contributed by atoms with Crippen molar-refractivity contribution in [3.63, 3.8) is 0 Å². The first-order valence-electron chi connectivity index (χ1n) is 14.1. The summed E-state index contributed by atoms with van der Waals surface area (Å²) in [6, 6.07) is 18.2. The molecular weight excluding hydrogens is 562 g/mol. The zero-order valence-electron chi connectivity index (χ0n) is 23.4. The van der Waals surface area contributed by atoms with Crippen molar-refractivity contribution in [1.82, 2.24) is 4.90 Å². The topological polar surface area (TPSA) is 106 Å². The number of rotatable bonds is 7. The SMILES string of the molecule is Cc1ccc(N2C(=O)OC(CCN3CCC(C(O)(c4ccc(F)cc4)c4ccc(F)cc4)CC3)C23OC(=O)C(=O)O3)cc1. The molecule has 3 fully saturated rings. The number of benzene rings is 3. The average Bonchev–Trinajstić information content (AvgIpc) is 3.44. The third-order valence-electron chi connectivity index (χ3n) is 8.54. The van der Waals surface area contributed by atoms with Crippen LogP contribution in [0.15, 0.2) is 72.8 Å². The summed E-state index contributed by atoms with van der Waals surface area (Å²) < 4.78 is 43.8. The van der Waals surface area contributed by atoms with Crippen LogP contribution in [0.25, 0.3) is 0 Å². The Morgan fingerprint density at radius 1 is 0.837 bits per heavy atom. The Labute approximate surface area is 246 Å². The minimum absolute atomic E-state index is 0.194. The van der Waals surface area contributed by atoms with Gasteiger partial charge in [-0.15, -0.1) is 0 Å². The lowest BCUT2D eigenvalue weighted by molar-refractivity contribution is -0.197. The summed E-state index contributed by atoms with van der Waals surface area (Å²) in [5.74, 6) is -5.58. The van der Waals surface area contributed by atoms with Crippen molar-refractivity contribution in [2.75, 3.05) is 24.5 Å². The van der Waals surface area contributed by atoms with Gasteiger partial charge in [0.15, 0.2) is 0 Å².